The Kier molecular flexibility index (Phi) is 6.60. The Morgan fingerprint density at radius 1 is 1.09 bits per heavy atom. The molecular formula is C34H37N5O5. The van der Waals surface area contributed by atoms with Gasteiger partial charge in [0.25, 0.3) is 5.91 Å². The van der Waals surface area contributed by atoms with E-state index in [9.17, 15) is 14.4 Å². The number of amides is 3. The fraction of sp³-hybridized carbons (Fsp3) is 0.471. The summed E-state index contributed by atoms with van der Waals surface area (Å²) in [5, 5.41) is 7.02. The predicted molar refractivity (Wildman–Crippen MR) is 161 cm³/mol. The Bertz CT molecular complexity index is 1650. The molecule has 0 radical (unpaired) electrons. The van der Waals surface area contributed by atoms with Crippen LogP contribution < -0.4 is 10.1 Å². The second-order valence-corrected chi connectivity index (χ2v) is 13.1. The van der Waals surface area contributed by atoms with Crippen LogP contribution in [0.4, 0.5) is 0 Å². The normalized spacial score (nSPS) is 25.9. The largest absolute Gasteiger partial charge is 0.492 e. The molecule has 1 aliphatic carbocycles. The van der Waals surface area contributed by atoms with Gasteiger partial charge in [0.1, 0.15) is 11.8 Å². The molecule has 5 heterocycles. The minimum absolute atomic E-state index is 0.0637. The third-order valence-electron chi connectivity index (χ3n) is 10.6. The monoisotopic (exact) mass is 595 g/mol. The first-order valence-corrected chi connectivity index (χ1v) is 15.7. The van der Waals surface area contributed by atoms with Crippen LogP contribution >= 0.6 is 0 Å². The van der Waals surface area contributed by atoms with Gasteiger partial charge in [-0.05, 0) is 68.5 Å². The number of rotatable bonds is 6. The first kappa shape index (κ1) is 27.5. The van der Waals surface area contributed by atoms with Gasteiger partial charge in [-0.3, -0.25) is 29.3 Å². The summed E-state index contributed by atoms with van der Waals surface area (Å²) >= 11 is 0. The predicted octanol–water partition coefficient (Wildman–Crippen LogP) is 3.59. The second-order valence-electron chi connectivity index (χ2n) is 13.1. The van der Waals surface area contributed by atoms with Crippen LogP contribution in [0.1, 0.15) is 71.6 Å². The van der Waals surface area contributed by atoms with Gasteiger partial charge in [-0.1, -0.05) is 24.3 Å². The smallest absolute Gasteiger partial charge is 0.255 e. The van der Waals surface area contributed by atoms with Gasteiger partial charge in [0.15, 0.2) is 0 Å². The highest BCUT2D eigenvalue weighted by Gasteiger charge is 2.47. The molecule has 1 spiro atoms. The van der Waals surface area contributed by atoms with Gasteiger partial charge in [0.05, 0.1) is 31.5 Å². The maximum atomic E-state index is 13.3. The van der Waals surface area contributed by atoms with Gasteiger partial charge in [-0.25, -0.2) is 0 Å². The Hall–Kier alpha value is -4.02. The highest BCUT2D eigenvalue weighted by molar-refractivity contribution is 6.05. The van der Waals surface area contributed by atoms with Crippen molar-refractivity contribution in [2.24, 2.45) is 0 Å². The summed E-state index contributed by atoms with van der Waals surface area (Å²) < 4.78 is 13.9. The first-order chi connectivity index (χ1) is 21.4. The van der Waals surface area contributed by atoms with E-state index in [-0.39, 0.29) is 23.7 Å². The lowest BCUT2D eigenvalue weighted by Crippen LogP contribution is -2.52. The molecule has 2 saturated heterocycles. The van der Waals surface area contributed by atoms with Gasteiger partial charge < -0.3 is 14.4 Å². The standard InChI is InChI=1S/C34H37N5O5/c1-43-25-14-24(15-25)39-18-23(16-35-39)22-4-2-3-21(13-22)17-37-11-9-34(10-12-37)20-44-31-27-19-38(29-7-8-30(40)36-32(29)41)33(42)26(27)5-6-28(31)34/h2-6,13,16,18,24-25,29H,7-12,14-15,17,19-20H2,1H3,(H,36,40,41)/t24?,25?,29-/m0/s1. The number of piperidine rings is 2. The summed E-state index contributed by atoms with van der Waals surface area (Å²) in [4.78, 5) is 41.6. The second kappa shape index (κ2) is 10.6. The van der Waals surface area contributed by atoms with E-state index in [1.54, 1.807) is 12.0 Å². The zero-order valence-electron chi connectivity index (χ0n) is 25.0. The fourth-order valence-electron chi connectivity index (χ4n) is 7.78. The molecule has 228 valence electrons. The van der Waals surface area contributed by atoms with E-state index in [1.165, 1.54) is 16.7 Å². The summed E-state index contributed by atoms with van der Waals surface area (Å²) in [5.41, 5.74) is 6.25. The summed E-state index contributed by atoms with van der Waals surface area (Å²) in [5.74, 6) is -0.00196. The maximum absolute atomic E-state index is 13.3. The van der Waals surface area contributed by atoms with Crippen molar-refractivity contribution in [2.75, 3.05) is 26.8 Å². The molecule has 44 heavy (non-hydrogen) atoms. The van der Waals surface area contributed by atoms with Crippen LogP contribution in [-0.2, 0) is 32.8 Å². The van der Waals surface area contributed by atoms with Crippen LogP contribution in [0.25, 0.3) is 11.1 Å². The fourth-order valence-corrected chi connectivity index (χ4v) is 7.78. The molecule has 0 bridgehead atoms. The van der Waals surface area contributed by atoms with Crippen molar-refractivity contribution in [3.05, 3.63) is 71.0 Å². The molecule has 5 aliphatic rings. The van der Waals surface area contributed by atoms with Crippen molar-refractivity contribution in [2.45, 2.75) is 75.2 Å². The average molecular weight is 596 g/mol. The topological polar surface area (TPSA) is 106 Å². The first-order valence-electron chi connectivity index (χ1n) is 15.7. The molecular weight excluding hydrogens is 558 g/mol. The minimum Gasteiger partial charge on any atom is -0.492 e. The molecule has 2 aromatic carbocycles. The Labute approximate surface area is 256 Å². The van der Waals surface area contributed by atoms with E-state index in [4.69, 9.17) is 9.47 Å². The van der Waals surface area contributed by atoms with E-state index in [1.807, 2.05) is 12.3 Å². The van der Waals surface area contributed by atoms with Crippen LogP contribution in [0.15, 0.2) is 48.8 Å². The number of benzene rings is 2. The van der Waals surface area contributed by atoms with E-state index in [0.717, 1.165) is 62.2 Å². The number of carbonyl (C=O) groups is 3. The number of hydrogen-bond acceptors (Lipinski definition) is 7. The van der Waals surface area contributed by atoms with Crippen LogP contribution in [0, 0.1) is 0 Å². The molecule has 10 nitrogen and oxygen atoms in total. The number of nitrogens with zero attached hydrogens (tertiary/aromatic N) is 4. The number of ether oxygens (including phenoxy) is 2. The van der Waals surface area contributed by atoms with Gasteiger partial charge >= 0.3 is 0 Å². The zero-order chi connectivity index (χ0) is 30.0. The number of hydrogen-bond donors (Lipinski definition) is 1. The lowest BCUT2D eigenvalue weighted by atomic mass is 9.74. The number of nitrogens with one attached hydrogen (secondary N) is 1. The molecule has 8 rings (SSSR count). The van der Waals surface area contributed by atoms with Crippen molar-refractivity contribution in [1.29, 1.82) is 0 Å². The van der Waals surface area contributed by atoms with E-state index in [0.29, 0.717) is 37.3 Å². The van der Waals surface area contributed by atoms with E-state index < -0.39 is 11.9 Å². The van der Waals surface area contributed by atoms with Crippen molar-refractivity contribution in [3.63, 3.8) is 0 Å². The number of likely N-dealkylation sites (tertiary alicyclic amines) is 1. The van der Waals surface area contributed by atoms with Crippen molar-refractivity contribution in [1.82, 2.24) is 24.9 Å². The molecule has 3 fully saturated rings. The highest BCUT2D eigenvalue weighted by Crippen LogP contribution is 2.49. The number of aromatic nitrogens is 2. The molecule has 10 heteroatoms. The summed E-state index contributed by atoms with van der Waals surface area (Å²) in [6, 6.07) is 12.6. The molecule has 1 atom stereocenters. The summed E-state index contributed by atoms with van der Waals surface area (Å²) in [6.45, 7) is 3.78. The SMILES string of the molecule is COC1CC(n2cc(-c3cccc(CN4CCC5(CC4)COc4c5ccc5c4CN([C@H]4CCC(=O)NC4=O)C5=O)c3)cn2)C1. The van der Waals surface area contributed by atoms with Gasteiger partial charge in [0.2, 0.25) is 11.8 Å². The van der Waals surface area contributed by atoms with Crippen LogP contribution in [0.2, 0.25) is 0 Å². The van der Waals surface area contributed by atoms with Gasteiger partial charge in [-0.2, -0.15) is 5.10 Å². The third-order valence-corrected chi connectivity index (χ3v) is 10.6. The number of fused-ring (bicyclic) bond motifs is 4. The molecule has 1 N–H and O–H groups in total. The Morgan fingerprint density at radius 3 is 2.73 bits per heavy atom. The van der Waals surface area contributed by atoms with Crippen LogP contribution in [-0.4, -0.2) is 76.3 Å². The van der Waals surface area contributed by atoms with Gasteiger partial charge in [-0.15, -0.1) is 0 Å². The zero-order valence-corrected chi connectivity index (χ0v) is 25.0. The molecule has 3 aromatic rings. The average Bonchev–Trinajstić information content (AvgIpc) is 3.71. The van der Waals surface area contributed by atoms with Crippen LogP contribution in [0.5, 0.6) is 5.75 Å². The molecule has 3 amide bonds. The minimum atomic E-state index is -0.622. The number of imide groups is 1. The maximum Gasteiger partial charge on any atom is 0.255 e. The molecule has 0 unspecified atom stereocenters. The lowest BCUT2D eigenvalue weighted by Gasteiger charge is -2.38. The number of methoxy groups -OCH3 is 1. The van der Waals surface area contributed by atoms with Crippen molar-refractivity contribution >= 4 is 17.7 Å². The third kappa shape index (κ3) is 4.54. The Balaban J connectivity index is 0.929. The van der Waals surface area contributed by atoms with Crippen LogP contribution in [0.3, 0.4) is 0 Å². The van der Waals surface area contributed by atoms with E-state index >= 15 is 0 Å². The molecule has 1 saturated carbocycles. The lowest BCUT2D eigenvalue weighted by molar-refractivity contribution is -0.136. The van der Waals surface area contributed by atoms with Gasteiger partial charge in [0, 0.05) is 53.9 Å². The number of carbonyl (C=O) groups excluding carboxylic acids is 3. The highest BCUT2D eigenvalue weighted by atomic mass is 16.5. The summed E-state index contributed by atoms with van der Waals surface area (Å²) in [7, 11) is 1.78. The van der Waals surface area contributed by atoms with Crippen molar-refractivity contribution < 1.29 is 23.9 Å². The molecule has 1 aromatic heterocycles. The van der Waals surface area contributed by atoms with Crippen molar-refractivity contribution in [3.8, 4) is 16.9 Å². The molecule has 4 aliphatic heterocycles. The Morgan fingerprint density at radius 2 is 1.93 bits per heavy atom. The summed E-state index contributed by atoms with van der Waals surface area (Å²) in [6.07, 6.45) is 9.09. The van der Waals surface area contributed by atoms with E-state index in [2.05, 4.69) is 56.5 Å². The quantitative estimate of drug-likeness (QED) is 0.435.